The molecule has 7 nitrogen and oxygen atoms in total. The van der Waals surface area contributed by atoms with E-state index in [0.717, 1.165) is 48.7 Å². The van der Waals surface area contributed by atoms with Gasteiger partial charge in [0.25, 0.3) is 0 Å². The van der Waals surface area contributed by atoms with Crippen molar-refractivity contribution >= 4 is 15.7 Å². The molecule has 0 aliphatic carbocycles. The average Bonchev–Trinajstić information content (AvgIpc) is 2.85. The number of sulfonamides is 1. The van der Waals surface area contributed by atoms with Gasteiger partial charge in [-0.15, -0.1) is 0 Å². The lowest BCUT2D eigenvalue weighted by molar-refractivity contribution is 0.515. The largest absolute Gasteiger partial charge is 0.364 e. The Bertz CT molecular complexity index is 808. The van der Waals surface area contributed by atoms with Crippen molar-refractivity contribution in [2.24, 2.45) is 0 Å². The summed E-state index contributed by atoms with van der Waals surface area (Å²) in [7, 11) is -3.20. The Labute approximate surface area is 136 Å². The van der Waals surface area contributed by atoms with Crippen molar-refractivity contribution in [3.63, 3.8) is 0 Å². The van der Waals surface area contributed by atoms with Gasteiger partial charge in [0.15, 0.2) is 0 Å². The number of fused-ring (bicyclic) bond motifs is 1. The van der Waals surface area contributed by atoms with Crippen molar-refractivity contribution in [2.75, 3.05) is 17.7 Å². The Morgan fingerprint density at radius 3 is 2.52 bits per heavy atom. The Balaban J connectivity index is 1.77. The zero-order valence-electron chi connectivity index (χ0n) is 13.6. The Morgan fingerprint density at radius 2 is 1.87 bits per heavy atom. The van der Waals surface area contributed by atoms with Crippen LogP contribution in [0.5, 0.6) is 0 Å². The number of hydrogen-bond donors (Lipinski definition) is 1. The minimum absolute atomic E-state index is 0.228. The Morgan fingerprint density at radius 1 is 1.17 bits per heavy atom. The molecule has 1 aliphatic heterocycles. The van der Waals surface area contributed by atoms with E-state index in [4.69, 9.17) is 0 Å². The van der Waals surface area contributed by atoms with E-state index in [9.17, 15) is 8.42 Å². The third-order valence-corrected chi connectivity index (χ3v) is 4.46. The summed E-state index contributed by atoms with van der Waals surface area (Å²) < 4.78 is 26.8. The lowest BCUT2D eigenvalue weighted by Crippen LogP contribution is -2.33. The molecule has 0 aromatic carbocycles. The first kappa shape index (κ1) is 15.9. The second kappa shape index (κ2) is 5.93. The zero-order chi connectivity index (χ0) is 16.6. The summed E-state index contributed by atoms with van der Waals surface area (Å²) in [5.41, 5.74) is 5.02. The molecule has 1 N–H and O–H groups in total. The smallest absolute Gasteiger partial charge is 0.209 e. The van der Waals surface area contributed by atoms with Crippen LogP contribution in [0, 0.1) is 13.8 Å². The van der Waals surface area contributed by atoms with Crippen molar-refractivity contribution in [3.8, 4) is 0 Å². The molecule has 3 heterocycles. The van der Waals surface area contributed by atoms with Gasteiger partial charge in [-0.1, -0.05) is 0 Å². The minimum atomic E-state index is -3.20. The van der Waals surface area contributed by atoms with Crippen LogP contribution < -0.4 is 9.62 Å². The molecule has 2 aromatic rings. The minimum Gasteiger partial charge on any atom is -0.364 e. The molecule has 23 heavy (non-hydrogen) atoms. The molecule has 0 radical (unpaired) electrons. The van der Waals surface area contributed by atoms with Gasteiger partial charge in [0.1, 0.15) is 0 Å². The zero-order valence-corrected chi connectivity index (χ0v) is 14.4. The van der Waals surface area contributed by atoms with E-state index < -0.39 is 10.0 Å². The standard InChI is InChI=1S/C15H21N5O2S/c1-11-6-14(7-12(2)17-11)19-4-5-20-15(10-19)8-13(18-20)9-16-23(3,21)22/h6-8,16H,4-5,9-10H2,1-3H3. The average molecular weight is 335 g/mol. The van der Waals surface area contributed by atoms with Crippen molar-refractivity contribution in [1.29, 1.82) is 0 Å². The summed E-state index contributed by atoms with van der Waals surface area (Å²) in [4.78, 5) is 6.71. The molecule has 3 rings (SSSR count). The Kier molecular flexibility index (Phi) is 4.11. The van der Waals surface area contributed by atoms with Crippen molar-refractivity contribution < 1.29 is 8.42 Å². The highest BCUT2D eigenvalue weighted by Crippen LogP contribution is 2.22. The lowest BCUT2D eigenvalue weighted by atomic mass is 10.2. The number of aromatic nitrogens is 3. The van der Waals surface area contributed by atoms with Crippen LogP contribution in [0.3, 0.4) is 0 Å². The molecule has 0 bridgehead atoms. The van der Waals surface area contributed by atoms with E-state index >= 15 is 0 Å². The van der Waals surface area contributed by atoms with E-state index in [0.29, 0.717) is 0 Å². The van der Waals surface area contributed by atoms with Crippen LogP contribution in [0.15, 0.2) is 18.2 Å². The Hall–Kier alpha value is -1.93. The van der Waals surface area contributed by atoms with Gasteiger partial charge < -0.3 is 4.90 Å². The molecule has 0 unspecified atom stereocenters. The number of nitrogens with one attached hydrogen (secondary N) is 1. The van der Waals surface area contributed by atoms with Gasteiger partial charge in [-0.2, -0.15) is 5.10 Å². The van der Waals surface area contributed by atoms with E-state index in [1.54, 1.807) is 0 Å². The van der Waals surface area contributed by atoms with Gasteiger partial charge in [-0.25, -0.2) is 13.1 Å². The van der Waals surface area contributed by atoms with E-state index in [1.165, 1.54) is 5.69 Å². The summed E-state index contributed by atoms with van der Waals surface area (Å²) in [6.45, 7) is 6.64. The highest BCUT2D eigenvalue weighted by molar-refractivity contribution is 7.88. The normalized spacial score (nSPS) is 14.8. The van der Waals surface area contributed by atoms with Crippen LogP contribution in [0.1, 0.15) is 22.8 Å². The number of hydrogen-bond acceptors (Lipinski definition) is 5. The summed E-state index contributed by atoms with van der Waals surface area (Å²) in [5, 5.41) is 4.47. The van der Waals surface area contributed by atoms with E-state index in [2.05, 4.69) is 31.8 Å². The SMILES string of the molecule is Cc1cc(N2CCn3nc(CNS(C)(=O)=O)cc3C2)cc(C)n1. The molecule has 1 aliphatic rings. The topological polar surface area (TPSA) is 80.1 Å². The predicted molar refractivity (Wildman–Crippen MR) is 88.7 cm³/mol. The van der Waals surface area contributed by atoms with Crippen LogP contribution in [0.4, 0.5) is 5.69 Å². The maximum absolute atomic E-state index is 11.2. The first-order chi connectivity index (χ1) is 10.8. The molecule has 2 aromatic heterocycles. The molecular formula is C15H21N5O2S. The van der Waals surface area contributed by atoms with Crippen LogP contribution >= 0.6 is 0 Å². The number of anilines is 1. The molecule has 0 amide bonds. The van der Waals surface area contributed by atoms with Gasteiger partial charge >= 0.3 is 0 Å². The first-order valence-electron chi connectivity index (χ1n) is 7.51. The maximum atomic E-state index is 11.2. The molecule has 0 saturated heterocycles. The predicted octanol–water partition coefficient (Wildman–Crippen LogP) is 0.964. The summed E-state index contributed by atoms with van der Waals surface area (Å²) in [5.74, 6) is 0. The van der Waals surface area contributed by atoms with Gasteiger partial charge in [0.05, 0.1) is 37.3 Å². The van der Waals surface area contributed by atoms with Crippen molar-refractivity contribution in [1.82, 2.24) is 19.5 Å². The van der Waals surface area contributed by atoms with Crippen LogP contribution in [-0.4, -0.2) is 36.0 Å². The molecule has 0 fully saturated rings. The van der Waals surface area contributed by atoms with Gasteiger partial charge in [0, 0.05) is 23.6 Å². The highest BCUT2D eigenvalue weighted by atomic mass is 32.2. The van der Waals surface area contributed by atoms with Gasteiger partial charge in [0.2, 0.25) is 10.0 Å². The maximum Gasteiger partial charge on any atom is 0.209 e. The number of pyridine rings is 1. The summed E-state index contributed by atoms with van der Waals surface area (Å²) in [6.07, 6.45) is 1.15. The molecule has 0 spiro atoms. The highest BCUT2D eigenvalue weighted by Gasteiger charge is 2.19. The number of aryl methyl sites for hydroxylation is 2. The molecule has 8 heteroatoms. The quantitative estimate of drug-likeness (QED) is 0.900. The summed E-state index contributed by atoms with van der Waals surface area (Å²) >= 11 is 0. The third-order valence-electron chi connectivity index (χ3n) is 3.80. The second-order valence-electron chi connectivity index (χ2n) is 5.97. The molecule has 124 valence electrons. The lowest BCUT2D eigenvalue weighted by Gasteiger charge is -2.30. The van der Waals surface area contributed by atoms with Gasteiger partial charge in [-0.05, 0) is 32.0 Å². The monoisotopic (exact) mass is 335 g/mol. The fourth-order valence-corrected chi connectivity index (χ4v) is 3.24. The van der Waals surface area contributed by atoms with E-state index in [-0.39, 0.29) is 6.54 Å². The number of nitrogens with zero attached hydrogens (tertiary/aromatic N) is 4. The third kappa shape index (κ3) is 3.89. The van der Waals surface area contributed by atoms with Gasteiger partial charge in [-0.3, -0.25) is 9.67 Å². The van der Waals surface area contributed by atoms with E-state index in [1.807, 2.05) is 24.6 Å². The molecular weight excluding hydrogens is 314 g/mol. The van der Waals surface area contributed by atoms with Crippen LogP contribution in [-0.2, 0) is 29.7 Å². The summed E-state index contributed by atoms with van der Waals surface area (Å²) in [6, 6.07) is 6.14. The fourth-order valence-electron chi connectivity index (χ4n) is 2.83. The fraction of sp³-hybridized carbons (Fsp3) is 0.467. The second-order valence-corrected chi connectivity index (χ2v) is 7.81. The van der Waals surface area contributed by atoms with Crippen molar-refractivity contribution in [3.05, 3.63) is 41.0 Å². The molecule has 0 atom stereocenters. The van der Waals surface area contributed by atoms with Crippen LogP contribution in [0.2, 0.25) is 0 Å². The van der Waals surface area contributed by atoms with Crippen molar-refractivity contribution in [2.45, 2.75) is 33.5 Å². The number of rotatable bonds is 4. The van der Waals surface area contributed by atoms with Crippen LogP contribution in [0.25, 0.3) is 0 Å². The molecule has 0 saturated carbocycles. The first-order valence-corrected chi connectivity index (χ1v) is 9.40.